The number of ketones is 1. The van der Waals surface area contributed by atoms with Crippen LogP contribution >= 0.6 is 0 Å². The number of rotatable bonds is 14. The molecule has 9 heteroatoms. The molecule has 0 saturated carbocycles. The molecule has 133 valence electrons. The summed E-state index contributed by atoms with van der Waals surface area (Å²) in [7, 11) is 0. The van der Waals surface area contributed by atoms with Crippen molar-refractivity contribution in [2.45, 2.75) is 26.2 Å². The molecule has 1 radical (unpaired) electrons. The molecule has 3 N–H and O–H groups in total. The van der Waals surface area contributed by atoms with E-state index in [-0.39, 0.29) is 49.9 Å². The van der Waals surface area contributed by atoms with Crippen LogP contribution in [0.4, 0.5) is 0 Å². The number of Topliss-reactive ketones (excluding diaryl/α,β-unsaturated/α-hetero) is 1. The second kappa shape index (κ2) is 17.4. The zero-order valence-corrected chi connectivity index (χ0v) is 14.9. The minimum absolute atomic E-state index is 0. The van der Waals surface area contributed by atoms with Gasteiger partial charge >= 0.3 is 0 Å². The summed E-state index contributed by atoms with van der Waals surface area (Å²) < 4.78 is 10.4. The molecule has 2 amide bonds. The van der Waals surface area contributed by atoms with E-state index in [0.717, 1.165) is 0 Å². The smallest absolute Gasteiger partial charge is 0.245 e. The molecule has 23 heavy (non-hydrogen) atoms. The summed E-state index contributed by atoms with van der Waals surface area (Å²) in [6, 6.07) is 0. The van der Waals surface area contributed by atoms with Crippen molar-refractivity contribution in [2.24, 2.45) is 0 Å². The van der Waals surface area contributed by atoms with Gasteiger partial charge in [0.05, 0.1) is 26.4 Å². The van der Waals surface area contributed by atoms with E-state index in [1.54, 1.807) is 0 Å². The summed E-state index contributed by atoms with van der Waals surface area (Å²) in [6.07, 6.45) is 1.15. The van der Waals surface area contributed by atoms with Crippen molar-refractivity contribution < 1.29 is 47.5 Å². The number of aliphatic hydroxyl groups excluding tert-OH is 1. The topological polar surface area (TPSA) is 114 Å². The van der Waals surface area contributed by atoms with Crippen LogP contribution in [0.15, 0.2) is 0 Å². The van der Waals surface area contributed by atoms with Gasteiger partial charge in [-0.05, 0) is 0 Å². The molecular weight excluding hydrogens is 343 g/mol. The molecular formula is C14H26N2O6V. The Labute approximate surface area is 148 Å². The Bertz CT molecular complexity index is 311. The predicted molar refractivity (Wildman–Crippen MR) is 79.3 cm³/mol. The van der Waals surface area contributed by atoms with Crippen LogP contribution < -0.4 is 10.6 Å². The SMILES string of the molecule is CCC(=O)CCOCCNC(=O)CCOCCNC(=O)CO.[V]. The Balaban J connectivity index is 0. The van der Waals surface area contributed by atoms with Crippen LogP contribution in [-0.4, -0.2) is 68.8 Å². The van der Waals surface area contributed by atoms with Gasteiger partial charge in [-0.15, -0.1) is 0 Å². The molecule has 0 aliphatic carbocycles. The van der Waals surface area contributed by atoms with E-state index in [0.29, 0.717) is 39.1 Å². The van der Waals surface area contributed by atoms with Crippen molar-refractivity contribution in [3.8, 4) is 0 Å². The maximum atomic E-state index is 11.4. The Morgan fingerprint density at radius 2 is 1.39 bits per heavy atom. The van der Waals surface area contributed by atoms with Crippen molar-refractivity contribution in [3.63, 3.8) is 0 Å². The van der Waals surface area contributed by atoms with E-state index in [1.807, 2.05) is 6.92 Å². The fraction of sp³-hybridized carbons (Fsp3) is 0.786. The van der Waals surface area contributed by atoms with Gasteiger partial charge in [-0.2, -0.15) is 0 Å². The van der Waals surface area contributed by atoms with Crippen LogP contribution in [0.2, 0.25) is 0 Å². The Morgan fingerprint density at radius 3 is 1.91 bits per heavy atom. The number of hydrogen-bond acceptors (Lipinski definition) is 6. The number of carbonyl (C=O) groups is 3. The van der Waals surface area contributed by atoms with Gasteiger partial charge < -0.3 is 25.2 Å². The quantitative estimate of drug-likeness (QED) is 0.339. The van der Waals surface area contributed by atoms with Crippen LogP contribution in [0.1, 0.15) is 26.2 Å². The first-order valence-corrected chi connectivity index (χ1v) is 7.41. The number of aliphatic hydroxyl groups is 1. The maximum Gasteiger partial charge on any atom is 0.245 e. The second-order valence-corrected chi connectivity index (χ2v) is 4.47. The van der Waals surface area contributed by atoms with Crippen molar-refractivity contribution in [1.82, 2.24) is 10.6 Å². The predicted octanol–water partition coefficient (Wildman–Crippen LogP) is -0.999. The summed E-state index contributed by atoms with van der Waals surface area (Å²) >= 11 is 0. The number of ether oxygens (including phenoxy) is 2. The van der Waals surface area contributed by atoms with Crippen LogP contribution in [-0.2, 0) is 42.4 Å². The van der Waals surface area contributed by atoms with Crippen molar-refractivity contribution in [2.75, 3.05) is 46.1 Å². The number of hydrogen-bond donors (Lipinski definition) is 3. The summed E-state index contributed by atoms with van der Waals surface area (Å²) in [5.74, 6) is -0.439. The van der Waals surface area contributed by atoms with E-state index in [9.17, 15) is 14.4 Å². The first-order valence-electron chi connectivity index (χ1n) is 7.41. The largest absolute Gasteiger partial charge is 0.387 e. The molecule has 8 nitrogen and oxygen atoms in total. The average Bonchev–Trinajstić information content (AvgIpc) is 2.53. The van der Waals surface area contributed by atoms with Gasteiger partial charge in [-0.3, -0.25) is 14.4 Å². The van der Waals surface area contributed by atoms with Gasteiger partial charge in [0.2, 0.25) is 11.8 Å². The zero-order valence-electron chi connectivity index (χ0n) is 13.5. The maximum absolute atomic E-state index is 11.4. The fourth-order valence-corrected chi connectivity index (χ4v) is 1.40. The van der Waals surface area contributed by atoms with E-state index < -0.39 is 12.5 Å². The molecule has 0 spiro atoms. The van der Waals surface area contributed by atoms with Crippen LogP contribution in [0.25, 0.3) is 0 Å². The molecule has 0 bridgehead atoms. The summed E-state index contributed by atoms with van der Waals surface area (Å²) in [6.45, 7) is 3.25. The molecule has 0 fully saturated rings. The first-order chi connectivity index (χ1) is 10.6. The Morgan fingerprint density at radius 1 is 0.870 bits per heavy atom. The third-order valence-electron chi connectivity index (χ3n) is 2.67. The van der Waals surface area contributed by atoms with E-state index >= 15 is 0 Å². The van der Waals surface area contributed by atoms with Gasteiger partial charge in [0.15, 0.2) is 0 Å². The number of amides is 2. The molecule has 0 heterocycles. The molecule has 0 aliphatic heterocycles. The summed E-state index contributed by atoms with van der Waals surface area (Å²) in [4.78, 5) is 33.1. The van der Waals surface area contributed by atoms with Gasteiger partial charge in [0, 0.05) is 50.9 Å². The summed E-state index contributed by atoms with van der Waals surface area (Å²) in [5, 5.41) is 13.6. The molecule has 0 atom stereocenters. The van der Waals surface area contributed by atoms with E-state index in [4.69, 9.17) is 14.6 Å². The summed E-state index contributed by atoms with van der Waals surface area (Å²) in [5.41, 5.74) is 0. The van der Waals surface area contributed by atoms with Crippen LogP contribution in [0.3, 0.4) is 0 Å². The third-order valence-corrected chi connectivity index (χ3v) is 2.67. The van der Waals surface area contributed by atoms with Gasteiger partial charge in [-0.1, -0.05) is 6.92 Å². The molecule has 0 saturated heterocycles. The van der Waals surface area contributed by atoms with Gasteiger partial charge in [0.1, 0.15) is 12.4 Å². The zero-order chi connectivity index (χ0) is 16.6. The van der Waals surface area contributed by atoms with Gasteiger partial charge in [0.25, 0.3) is 0 Å². The second-order valence-electron chi connectivity index (χ2n) is 4.47. The molecule has 0 aliphatic rings. The minimum atomic E-state index is -0.545. The minimum Gasteiger partial charge on any atom is -0.387 e. The number of carbonyl (C=O) groups excluding carboxylic acids is 3. The molecule has 0 aromatic rings. The van der Waals surface area contributed by atoms with Crippen molar-refractivity contribution >= 4 is 17.6 Å². The molecule has 0 rings (SSSR count). The Kier molecular flexibility index (Phi) is 18.4. The van der Waals surface area contributed by atoms with E-state index in [2.05, 4.69) is 10.6 Å². The van der Waals surface area contributed by atoms with Crippen LogP contribution in [0.5, 0.6) is 0 Å². The molecule has 0 aromatic heterocycles. The fourth-order valence-electron chi connectivity index (χ4n) is 1.40. The number of nitrogens with one attached hydrogen (secondary N) is 2. The van der Waals surface area contributed by atoms with E-state index in [1.165, 1.54) is 0 Å². The van der Waals surface area contributed by atoms with Gasteiger partial charge in [-0.25, -0.2) is 0 Å². The van der Waals surface area contributed by atoms with Crippen molar-refractivity contribution in [3.05, 3.63) is 0 Å². The molecule has 0 unspecified atom stereocenters. The normalized spacial score (nSPS) is 9.83. The molecule has 0 aromatic carbocycles. The monoisotopic (exact) mass is 369 g/mol. The Hall–Kier alpha value is -0.926. The van der Waals surface area contributed by atoms with Crippen LogP contribution in [0, 0.1) is 0 Å². The van der Waals surface area contributed by atoms with Crippen molar-refractivity contribution in [1.29, 1.82) is 0 Å². The third kappa shape index (κ3) is 17.3. The average molecular weight is 369 g/mol. The standard InChI is InChI=1S/C14H26N2O6.V/c1-2-12(18)3-7-21-9-5-15-13(19)4-8-22-10-6-16-14(20)11-17;/h17H,2-11H2,1H3,(H,15,19)(H,16,20);. The first kappa shape index (κ1) is 24.3.